The van der Waals surface area contributed by atoms with Crippen molar-refractivity contribution in [2.24, 2.45) is 0 Å². The van der Waals surface area contributed by atoms with E-state index in [2.05, 4.69) is 89.7 Å². The molecule has 1 aliphatic rings. The molecule has 0 radical (unpaired) electrons. The van der Waals surface area contributed by atoms with Crippen LogP contribution in [0.5, 0.6) is 0 Å². The highest BCUT2D eigenvalue weighted by atomic mass is 127. The Kier molecular flexibility index (Phi) is 2.90. The van der Waals surface area contributed by atoms with Gasteiger partial charge in [-0.2, -0.15) is 0 Å². The third-order valence-corrected chi connectivity index (χ3v) is 4.90. The third-order valence-electron chi connectivity index (χ3n) is 3.43. The molecule has 1 aliphatic heterocycles. The van der Waals surface area contributed by atoms with E-state index in [0.29, 0.717) is 0 Å². The maximum atomic E-state index is 2.45. The Morgan fingerprint density at radius 1 is 1.20 bits per heavy atom. The SMILES string of the molecule is CC1=[N+](C)c2cc(I)cc(I)c2C1(C)C. The minimum absolute atomic E-state index is 0.172. The molecule has 0 unspecified atom stereocenters. The molecule has 0 spiro atoms. The fourth-order valence-electron chi connectivity index (χ4n) is 2.22. The summed E-state index contributed by atoms with van der Waals surface area (Å²) in [6.07, 6.45) is 0. The fraction of sp³-hybridized carbons (Fsp3) is 0.417. The van der Waals surface area contributed by atoms with Crippen LogP contribution in [0.25, 0.3) is 0 Å². The predicted molar refractivity (Wildman–Crippen MR) is 81.4 cm³/mol. The van der Waals surface area contributed by atoms with Gasteiger partial charge in [-0.25, -0.2) is 4.58 Å². The van der Waals surface area contributed by atoms with E-state index in [1.807, 2.05) is 0 Å². The van der Waals surface area contributed by atoms with Gasteiger partial charge in [-0.05, 0) is 65.1 Å². The molecule has 0 atom stereocenters. The number of hydrogen-bond donors (Lipinski definition) is 0. The summed E-state index contributed by atoms with van der Waals surface area (Å²) in [4.78, 5) is 0. The van der Waals surface area contributed by atoms with Crippen molar-refractivity contribution in [2.45, 2.75) is 26.2 Å². The van der Waals surface area contributed by atoms with E-state index in [9.17, 15) is 0 Å². The van der Waals surface area contributed by atoms with Crippen LogP contribution in [0.1, 0.15) is 26.3 Å². The second-order valence-corrected chi connectivity index (χ2v) is 6.96. The molecule has 1 aromatic carbocycles. The standard InChI is InChI=1S/C12H14I2N/c1-7-12(2,3)11-9(14)5-8(13)6-10(11)15(7)4/h5-6H,1-4H3/q+1. The predicted octanol–water partition coefficient (Wildman–Crippen LogP) is 3.92. The minimum Gasteiger partial charge on any atom is -0.202 e. The molecule has 1 aromatic rings. The summed E-state index contributed by atoms with van der Waals surface area (Å²) < 4.78 is 5.01. The molecule has 1 heterocycles. The van der Waals surface area contributed by atoms with Gasteiger partial charge < -0.3 is 0 Å². The largest absolute Gasteiger partial charge is 0.211 e. The zero-order valence-electron chi connectivity index (χ0n) is 9.36. The summed E-state index contributed by atoms with van der Waals surface area (Å²) >= 11 is 4.84. The van der Waals surface area contributed by atoms with Crippen molar-refractivity contribution in [2.75, 3.05) is 7.05 Å². The van der Waals surface area contributed by atoms with Crippen LogP contribution in [0.3, 0.4) is 0 Å². The molecule has 3 heteroatoms. The quantitative estimate of drug-likeness (QED) is 0.437. The lowest BCUT2D eigenvalue weighted by Crippen LogP contribution is -2.26. The number of nitrogens with zero attached hydrogens (tertiary/aromatic N) is 1. The fourth-order valence-corrected chi connectivity index (χ4v) is 4.71. The van der Waals surface area contributed by atoms with Gasteiger partial charge in [-0.1, -0.05) is 0 Å². The normalized spacial score (nSPS) is 18.3. The Bertz CT molecular complexity index is 473. The van der Waals surface area contributed by atoms with Crippen LogP contribution in [0.2, 0.25) is 0 Å². The molecule has 0 fully saturated rings. The van der Waals surface area contributed by atoms with Crippen molar-refractivity contribution in [3.63, 3.8) is 0 Å². The molecule has 0 aliphatic carbocycles. The molecule has 0 N–H and O–H groups in total. The lowest BCUT2D eigenvalue weighted by atomic mass is 9.82. The topological polar surface area (TPSA) is 3.01 Å². The van der Waals surface area contributed by atoms with E-state index < -0.39 is 0 Å². The van der Waals surface area contributed by atoms with Crippen LogP contribution >= 0.6 is 45.2 Å². The van der Waals surface area contributed by atoms with E-state index in [1.165, 1.54) is 24.1 Å². The number of benzene rings is 1. The maximum absolute atomic E-state index is 2.45. The van der Waals surface area contributed by atoms with E-state index >= 15 is 0 Å². The van der Waals surface area contributed by atoms with E-state index in [0.717, 1.165) is 0 Å². The van der Waals surface area contributed by atoms with E-state index in [1.54, 1.807) is 0 Å². The zero-order chi connectivity index (χ0) is 11.4. The van der Waals surface area contributed by atoms with Crippen LogP contribution in [-0.4, -0.2) is 17.3 Å². The molecular weight excluding hydrogens is 412 g/mol. The van der Waals surface area contributed by atoms with Gasteiger partial charge in [0.2, 0.25) is 5.69 Å². The first-order valence-electron chi connectivity index (χ1n) is 4.93. The molecule has 0 aromatic heterocycles. The zero-order valence-corrected chi connectivity index (χ0v) is 13.7. The van der Waals surface area contributed by atoms with Gasteiger partial charge in [0.25, 0.3) is 0 Å². The number of halogens is 2. The average Bonchev–Trinajstić information content (AvgIpc) is 2.27. The van der Waals surface area contributed by atoms with Crippen molar-refractivity contribution >= 4 is 56.6 Å². The summed E-state index contributed by atoms with van der Waals surface area (Å²) in [5.41, 5.74) is 4.44. The number of fused-ring (bicyclic) bond motifs is 1. The summed E-state index contributed by atoms with van der Waals surface area (Å²) in [6, 6.07) is 4.53. The Hall–Kier alpha value is 0.350. The minimum atomic E-state index is 0.172. The smallest absolute Gasteiger partial charge is 0.202 e. The Balaban J connectivity index is 2.81. The molecule has 0 saturated heterocycles. The van der Waals surface area contributed by atoms with Gasteiger partial charge in [0.15, 0.2) is 5.71 Å². The monoisotopic (exact) mass is 426 g/mol. The van der Waals surface area contributed by atoms with Crippen molar-refractivity contribution in [3.05, 3.63) is 24.8 Å². The number of rotatable bonds is 0. The highest BCUT2D eigenvalue weighted by molar-refractivity contribution is 14.1. The van der Waals surface area contributed by atoms with Gasteiger partial charge in [-0.3, -0.25) is 0 Å². The van der Waals surface area contributed by atoms with Crippen LogP contribution < -0.4 is 0 Å². The molecule has 0 amide bonds. The van der Waals surface area contributed by atoms with E-state index in [4.69, 9.17) is 0 Å². The Labute approximate surface area is 118 Å². The first kappa shape index (κ1) is 11.8. The lowest BCUT2D eigenvalue weighted by molar-refractivity contribution is -0.403. The Morgan fingerprint density at radius 2 is 1.80 bits per heavy atom. The summed E-state index contributed by atoms with van der Waals surface area (Å²) in [5.74, 6) is 0. The third kappa shape index (κ3) is 1.66. The highest BCUT2D eigenvalue weighted by Crippen LogP contribution is 2.42. The average molecular weight is 426 g/mol. The van der Waals surface area contributed by atoms with Crippen molar-refractivity contribution in [1.82, 2.24) is 0 Å². The number of hydrogen-bond acceptors (Lipinski definition) is 0. The van der Waals surface area contributed by atoms with Crippen LogP contribution in [0.15, 0.2) is 12.1 Å². The van der Waals surface area contributed by atoms with Gasteiger partial charge in [0, 0.05) is 20.1 Å². The van der Waals surface area contributed by atoms with Crippen molar-refractivity contribution < 1.29 is 4.58 Å². The Morgan fingerprint density at radius 3 is 2.40 bits per heavy atom. The van der Waals surface area contributed by atoms with Gasteiger partial charge in [0.05, 0.1) is 11.0 Å². The first-order chi connectivity index (χ1) is 6.85. The van der Waals surface area contributed by atoms with Crippen LogP contribution in [0, 0.1) is 7.14 Å². The van der Waals surface area contributed by atoms with Gasteiger partial charge in [0.1, 0.15) is 7.05 Å². The molecular formula is C12H14I2N+. The summed E-state index contributed by atoms with van der Waals surface area (Å²) in [7, 11) is 2.16. The second-order valence-electron chi connectivity index (χ2n) is 4.55. The highest BCUT2D eigenvalue weighted by Gasteiger charge is 2.43. The molecule has 0 bridgehead atoms. The first-order valence-corrected chi connectivity index (χ1v) is 7.08. The van der Waals surface area contributed by atoms with Crippen LogP contribution in [0.4, 0.5) is 5.69 Å². The molecule has 0 saturated carbocycles. The van der Waals surface area contributed by atoms with Crippen LogP contribution in [-0.2, 0) is 5.41 Å². The van der Waals surface area contributed by atoms with Crippen molar-refractivity contribution in [3.8, 4) is 0 Å². The van der Waals surface area contributed by atoms with E-state index in [-0.39, 0.29) is 5.41 Å². The second kappa shape index (κ2) is 3.68. The van der Waals surface area contributed by atoms with Gasteiger partial charge in [-0.15, -0.1) is 0 Å². The summed E-state index contributed by atoms with van der Waals surface area (Å²) in [6.45, 7) is 6.84. The molecule has 80 valence electrons. The summed E-state index contributed by atoms with van der Waals surface area (Å²) in [5, 5.41) is 0. The molecule has 2 rings (SSSR count). The molecule has 15 heavy (non-hydrogen) atoms. The molecule has 1 nitrogen and oxygen atoms in total. The lowest BCUT2D eigenvalue weighted by Gasteiger charge is -2.16. The van der Waals surface area contributed by atoms with Gasteiger partial charge >= 0.3 is 0 Å². The maximum Gasteiger partial charge on any atom is 0.211 e. The van der Waals surface area contributed by atoms with Crippen molar-refractivity contribution in [1.29, 1.82) is 0 Å².